The number of rotatable bonds is 6. The van der Waals surface area contributed by atoms with Crippen LogP contribution < -0.4 is 15.2 Å². The third-order valence-electron chi connectivity index (χ3n) is 6.77. The highest BCUT2D eigenvalue weighted by Crippen LogP contribution is 2.31. The number of nitrogen functional groups attached to an aromatic ring is 1. The molecule has 0 unspecified atom stereocenters. The van der Waals surface area contributed by atoms with E-state index < -0.39 is 0 Å². The highest BCUT2D eigenvalue weighted by Gasteiger charge is 2.32. The molecule has 0 spiro atoms. The molecule has 2 saturated heterocycles. The van der Waals surface area contributed by atoms with Gasteiger partial charge >= 0.3 is 0 Å². The number of amides is 1. The summed E-state index contributed by atoms with van der Waals surface area (Å²) in [6, 6.07) is 5.53. The average molecular weight is 503 g/mol. The van der Waals surface area contributed by atoms with Crippen molar-refractivity contribution in [2.24, 2.45) is 0 Å². The van der Waals surface area contributed by atoms with Crippen LogP contribution in [-0.2, 0) is 4.79 Å². The van der Waals surface area contributed by atoms with Crippen LogP contribution in [0.2, 0.25) is 0 Å². The zero-order valence-corrected chi connectivity index (χ0v) is 20.9. The van der Waals surface area contributed by atoms with Crippen molar-refractivity contribution in [3.05, 3.63) is 54.0 Å². The summed E-state index contributed by atoms with van der Waals surface area (Å²) in [6.45, 7) is 3.32. The van der Waals surface area contributed by atoms with E-state index in [2.05, 4.69) is 26.7 Å². The molecule has 192 valence electrons. The first kappa shape index (κ1) is 24.6. The van der Waals surface area contributed by atoms with Crippen LogP contribution in [0.15, 0.2) is 42.9 Å². The number of likely N-dealkylation sites (tertiary alicyclic amines) is 2. The van der Waals surface area contributed by atoms with Gasteiger partial charge in [0.2, 0.25) is 5.91 Å². The number of nitrogens with two attached hydrogens (primary N) is 1. The molecule has 2 aromatic heterocycles. The lowest BCUT2D eigenvalue weighted by Gasteiger charge is -2.39. The fraction of sp³-hybridized carbons (Fsp3) is 0.370. The second-order valence-corrected chi connectivity index (χ2v) is 9.26. The number of anilines is 1. The third-order valence-corrected chi connectivity index (χ3v) is 6.77. The lowest BCUT2D eigenvalue weighted by molar-refractivity contribution is -0.131. The van der Waals surface area contributed by atoms with E-state index in [1.165, 1.54) is 6.33 Å². The molecule has 2 fully saturated rings. The number of aromatic nitrogens is 3. The van der Waals surface area contributed by atoms with Crippen LogP contribution in [0.1, 0.15) is 23.6 Å². The van der Waals surface area contributed by atoms with Crippen molar-refractivity contribution >= 4 is 22.8 Å². The number of hydrogen-bond donors (Lipinski definition) is 2. The largest absolute Gasteiger partial charge is 0.497 e. The molecule has 0 bridgehead atoms. The number of aliphatic hydroxyl groups is 1. The molecule has 3 aromatic rings. The van der Waals surface area contributed by atoms with E-state index in [9.17, 15) is 9.90 Å². The van der Waals surface area contributed by atoms with Gasteiger partial charge < -0.3 is 29.8 Å². The van der Waals surface area contributed by atoms with Crippen LogP contribution >= 0.6 is 0 Å². The number of nitrogens with zero attached hydrogens (tertiary/aromatic N) is 5. The van der Waals surface area contributed by atoms with Gasteiger partial charge in [-0.25, -0.2) is 9.97 Å². The van der Waals surface area contributed by atoms with Crippen molar-refractivity contribution in [3.8, 4) is 23.3 Å². The lowest BCUT2D eigenvalue weighted by Crippen LogP contribution is -2.50. The molecule has 0 aliphatic carbocycles. The maximum absolute atomic E-state index is 12.6. The summed E-state index contributed by atoms with van der Waals surface area (Å²) >= 11 is 0. The van der Waals surface area contributed by atoms with Gasteiger partial charge in [-0.3, -0.25) is 9.69 Å². The van der Waals surface area contributed by atoms with E-state index in [1.807, 2.05) is 29.0 Å². The molecule has 10 nitrogen and oxygen atoms in total. The van der Waals surface area contributed by atoms with Crippen molar-refractivity contribution in [1.82, 2.24) is 24.3 Å². The first-order valence-electron chi connectivity index (χ1n) is 12.2. The Hall–Kier alpha value is -4.07. The van der Waals surface area contributed by atoms with Crippen molar-refractivity contribution in [3.63, 3.8) is 0 Å². The molecule has 10 heteroatoms. The van der Waals surface area contributed by atoms with Gasteiger partial charge in [-0.15, -0.1) is 0 Å². The summed E-state index contributed by atoms with van der Waals surface area (Å²) in [5.74, 6) is 8.02. The number of fused-ring (bicyclic) bond motifs is 1. The second kappa shape index (κ2) is 10.5. The lowest BCUT2D eigenvalue weighted by atomic mass is 10.1. The van der Waals surface area contributed by atoms with Gasteiger partial charge in [0.15, 0.2) is 0 Å². The summed E-state index contributed by atoms with van der Waals surface area (Å²) in [6.07, 6.45) is 7.39. The Morgan fingerprint density at radius 1 is 1.16 bits per heavy atom. The molecule has 1 amide bonds. The molecule has 0 radical (unpaired) electrons. The second-order valence-electron chi connectivity index (χ2n) is 9.26. The van der Waals surface area contributed by atoms with Gasteiger partial charge in [0, 0.05) is 56.6 Å². The number of carbonyl (C=O) groups excluding carboxylic acids is 1. The Labute approximate surface area is 215 Å². The van der Waals surface area contributed by atoms with Crippen molar-refractivity contribution in [2.75, 3.05) is 52.7 Å². The number of β-amino-alcohol motifs (C(OH)–C–C–N with tert-alkyl or cyclic N) is 1. The SMILES string of the molecule is COc1cc(C#Cc2cn(C3CN(C(=O)C=CCN4CC[C@H](O)C4)C3)c3ncnc(N)c23)cc(OC)c1. The molecule has 2 aliphatic heterocycles. The predicted molar refractivity (Wildman–Crippen MR) is 139 cm³/mol. The Morgan fingerprint density at radius 3 is 2.59 bits per heavy atom. The summed E-state index contributed by atoms with van der Waals surface area (Å²) in [4.78, 5) is 25.2. The summed E-state index contributed by atoms with van der Waals surface area (Å²) in [5.41, 5.74) is 8.36. The Bertz CT molecular complexity index is 1380. The van der Waals surface area contributed by atoms with Crippen LogP contribution in [0.3, 0.4) is 0 Å². The van der Waals surface area contributed by atoms with Crippen molar-refractivity contribution < 1.29 is 19.4 Å². The van der Waals surface area contributed by atoms with Gasteiger partial charge in [-0.2, -0.15) is 0 Å². The van der Waals surface area contributed by atoms with Crippen LogP contribution in [0, 0.1) is 11.8 Å². The highest BCUT2D eigenvalue weighted by molar-refractivity contribution is 5.93. The number of benzene rings is 1. The zero-order valence-electron chi connectivity index (χ0n) is 20.9. The zero-order chi connectivity index (χ0) is 25.9. The van der Waals surface area contributed by atoms with E-state index in [-0.39, 0.29) is 18.1 Å². The molecular weight excluding hydrogens is 472 g/mol. The highest BCUT2D eigenvalue weighted by atomic mass is 16.5. The Kier molecular flexibility index (Phi) is 6.99. The molecule has 1 aromatic carbocycles. The monoisotopic (exact) mass is 502 g/mol. The number of aliphatic hydroxyl groups excluding tert-OH is 1. The normalized spacial score (nSPS) is 18.1. The van der Waals surface area contributed by atoms with Crippen molar-refractivity contribution in [1.29, 1.82) is 0 Å². The van der Waals surface area contributed by atoms with Crippen LogP contribution in [-0.4, -0.2) is 88.4 Å². The maximum Gasteiger partial charge on any atom is 0.246 e. The summed E-state index contributed by atoms with van der Waals surface area (Å²) in [7, 11) is 3.19. The minimum atomic E-state index is -0.262. The van der Waals surface area contributed by atoms with E-state index >= 15 is 0 Å². The van der Waals surface area contributed by atoms with E-state index in [0.717, 1.165) is 18.5 Å². The molecule has 4 heterocycles. The number of ether oxygens (including phenoxy) is 2. The number of carbonyl (C=O) groups is 1. The minimum absolute atomic E-state index is 0.0198. The molecule has 2 aliphatic rings. The fourth-order valence-corrected chi connectivity index (χ4v) is 4.70. The maximum atomic E-state index is 12.6. The molecule has 3 N–H and O–H groups in total. The quantitative estimate of drug-likeness (QED) is 0.384. The molecule has 1 atom stereocenters. The Balaban J connectivity index is 1.32. The van der Waals surface area contributed by atoms with Gasteiger partial charge in [0.1, 0.15) is 29.3 Å². The van der Waals surface area contributed by atoms with Gasteiger partial charge in [-0.1, -0.05) is 17.9 Å². The third kappa shape index (κ3) is 5.23. The molecule has 37 heavy (non-hydrogen) atoms. The minimum Gasteiger partial charge on any atom is -0.497 e. The van der Waals surface area contributed by atoms with Gasteiger partial charge in [0.25, 0.3) is 0 Å². The van der Waals surface area contributed by atoms with Crippen LogP contribution in [0.25, 0.3) is 11.0 Å². The smallest absolute Gasteiger partial charge is 0.246 e. The first-order valence-corrected chi connectivity index (χ1v) is 12.2. The summed E-state index contributed by atoms with van der Waals surface area (Å²) in [5, 5.41) is 10.3. The standard InChI is InChI=1S/C27H30N6O4/c1-36-22-10-18(11-23(12-22)37-2)5-6-19-13-33(27-25(19)26(28)29-17-30-27)20-14-32(15-20)24(35)4-3-8-31-9-7-21(34)16-31/h3-4,10-13,17,20-21,34H,7-9,14-16H2,1-2H3,(H2,28,29,30)/t21-/m0/s1. The number of methoxy groups -OCH3 is 2. The van der Waals surface area contributed by atoms with E-state index in [1.54, 1.807) is 31.3 Å². The molecule has 0 saturated carbocycles. The average Bonchev–Trinajstić information content (AvgIpc) is 3.45. The summed E-state index contributed by atoms with van der Waals surface area (Å²) < 4.78 is 12.7. The van der Waals surface area contributed by atoms with Gasteiger partial charge in [0.05, 0.1) is 37.3 Å². The molecular formula is C27H30N6O4. The van der Waals surface area contributed by atoms with Gasteiger partial charge in [-0.05, 0) is 18.6 Å². The van der Waals surface area contributed by atoms with E-state index in [0.29, 0.717) is 60.1 Å². The topological polar surface area (TPSA) is 119 Å². The predicted octanol–water partition coefficient (Wildman–Crippen LogP) is 1.44. The molecule has 5 rings (SSSR count). The van der Waals surface area contributed by atoms with Crippen molar-refractivity contribution in [2.45, 2.75) is 18.6 Å². The first-order chi connectivity index (χ1) is 17.9. The fourth-order valence-electron chi connectivity index (χ4n) is 4.70. The Morgan fingerprint density at radius 2 is 1.92 bits per heavy atom. The number of hydrogen-bond acceptors (Lipinski definition) is 8. The van der Waals surface area contributed by atoms with Crippen LogP contribution in [0.4, 0.5) is 5.82 Å². The van der Waals surface area contributed by atoms with E-state index in [4.69, 9.17) is 15.2 Å². The van der Waals surface area contributed by atoms with Crippen LogP contribution in [0.5, 0.6) is 11.5 Å².